The first-order chi connectivity index (χ1) is 17.6. The molecule has 36 heavy (non-hydrogen) atoms. The van der Waals surface area contributed by atoms with Gasteiger partial charge in [0, 0.05) is 46.3 Å². The first-order valence-corrected chi connectivity index (χ1v) is 12.8. The topological polar surface area (TPSA) is 76.0 Å². The fraction of sp³-hybridized carbons (Fsp3) is 0.241. The van der Waals surface area contributed by atoms with E-state index in [1.807, 2.05) is 54.6 Å². The molecule has 6 nitrogen and oxygen atoms in total. The fourth-order valence-corrected chi connectivity index (χ4v) is 5.35. The summed E-state index contributed by atoms with van der Waals surface area (Å²) in [5.41, 5.74) is 4.31. The minimum atomic E-state index is 0.101. The van der Waals surface area contributed by atoms with Crippen LogP contribution in [0.5, 0.6) is 5.88 Å². The van der Waals surface area contributed by atoms with Crippen molar-refractivity contribution in [2.45, 2.75) is 25.8 Å². The van der Waals surface area contributed by atoms with E-state index in [9.17, 15) is 5.11 Å². The Labute approximate surface area is 214 Å². The Balaban J connectivity index is 1.47. The summed E-state index contributed by atoms with van der Waals surface area (Å²) in [5, 5.41) is 17.9. The number of nitrogens with zero attached hydrogens (tertiary/aromatic N) is 3. The van der Waals surface area contributed by atoms with Gasteiger partial charge in [-0.3, -0.25) is 0 Å². The summed E-state index contributed by atoms with van der Waals surface area (Å²) in [6.45, 7) is 5.55. The van der Waals surface area contributed by atoms with E-state index in [4.69, 9.17) is 21.6 Å². The Bertz CT molecular complexity index is 1580. The van der Waals surface area contributed by atoms with Crippen LogP contribution in [-0.4, -0.2) is 40.7 Å². The van der Waals surface area contributed by atoms with Crippen molar-refractivity contribution in [3.63, 3.8) is 0 Å². The molecule has 0 radical (unpaired) electrons. The minimum Gasteiger partial charge on any atom is -0.494 e. The third kappa shape index (κ3) is 4.27. The molecular formula is C29H28ClN5O. The number of rotatable bonds is 5. The summed E-state index contributed by atoms with van der Waals surface area (Å²) in [5.74, 6) is 0.657. The van der Waals surface area contributed by atoms with E-state index in [1.165, 1.54) is 0 Å². The van der Waals surface area contributed by atoms with Crippen LogP contribution in [-0.2, 0) is 0 Å². The molecule has 3 N–H and O–H groups in total. The third-order valence-electron chi connectivity index (χ3n) is 7.11. The number of piperidine rings is 1. The molecule has 2 aliphatic heterocycles. The monoisotopic (exact) mass is 497 g/mol. The number of aromatic hydroxyl groups is 1. The molecule has 3 heterocycles. The zero-order valence-electron chi connectivity index (χ0n) is 20.1. The van der Waals surface area contributed by atoms with Crippen LogP contribution in [0.4, 0.5) is 5.69 Å². The number of benzene rings is 3. The smallest absolute Gasteiger partial charge is 0.197 e. The van der Waals surface area contributed by atoms with Crippen molar-refractivity contribution in [2.24, 2.45) is 9.98 Å². The van der Waals surface area contributed by atoms with Gasteiger partial charge in [0.25, 0.3) is 0 Å². The van der Waals surface area contributed by atoms with E-state index in [1.54, 1.807) is 0 Å². The second-order valence-corrected chi connectivity index (χ2v) is 9.82. The third-order valence-corrected chi connectivity index (χ3v) is 7.35. The summed E-state index contributed by atoms with van der Waals surface area (Å²) < 4.78 is 0. The van der Waals surface area contributed by atoms with E-state index in [2.05, 4.69) is 34.3 Å². The molecule has 3 aromatic carbocycles. The van der Waals surface area contributed by atoms with Crippen LogP contribution in [0.25, 0.3) is 16.5 Å². The zero-order valence-corrected chi connectivity index (χ0v) is 20.9. The molecule has 0 atom stereocenters. The van der Waals surface area contributed by atoms with Gasteiger partial charge >= 0.3 is 0 Å². The molecule has 0 spiro atoms. The average molecular weight is 498 g/mol. The Hall–Kier alpha value is -3.61. The molecule has 2 aliphatic rings. The molecule has 0 unspecified atom stereocenters. The van der Waals surface area contributed by atoms with Gasteiger partial charge in [0.05, 0.1) is 16.3 Å². The summed E-state index contributed by atoms with van der Waals surface area (Å²) in [4.78, 5) is 15.3. The molecule has 0 amide bonds. The highest BCUT2D eigenvalue weighted by atomic mass is 35.5. The number of aromatic nitrogens is 1. The van der Waals surface area contributed by atoms with Crippen molar-refractivity contribution in [1.82, 2.24) is 9.88 Å². The second kappa shape index (κ2) is 9.45. The Morgan fingerprint density at radius 3 is 2.58 bits per heavy atom. The molecule has 6 rings (SSSR count). The van der Waals surface area contributed by atoms with Gasteiger partial charge in [-0.05, 0) is 61.3 Å². The number of likely N-dealkylation sites (tertiary alicyclic amines) is 1. The van der Waals surface area contributed by atoms with Crippen molar-refractivity contribution in [3.05, 3.63) is 99.4 Å². The lowest BCUT2D eigenvalue weighted by atomic mass is 9.96. The number of hydrogen-bond donors (Lipinski definition) is 3. The average Bonchev–Trinajstić information content (AvgIpc) is 3.45. The largest absolute Gasteiger partial charge is 0.494 e. The zero-order chi connectivity index (χ0) is 24.6. The molecule has 0 aliphatic carbocycles. The predicted octanol–water partition coefficient (Wildman–Crippen LogP) is 5.09. The highest BCUT2D eigenvalue weighted by Gasteiger charge is 2.23. The molecule has 1 fully saturated rings. The van der Waals surface area contributed by atoms with Gasteiger partial charge in [0.15, 0.2) is 11.7 Å². The highest BCUT2D eigenvalue weighted by Crippen LogP contribution is 2.40. The molecule has 0 bridgehead atoms. The molecular weight excluding hydrogens is 470 g/mol. The number of halogens is 1. The summed E-state index contributed by atoms with van der Waals surface area (Å²) in [6, 6.07) is 22.1. The van der Waals surface area contributed by atoms with E-state index < -0.39 is 0 Å². The Kier molecular flexibility index (Phi) is 5.99. The molecule has 7 heteroatoms. The normalized spacial score (nSPS) is 17.5. The van der Waals surface area contributed by atoms with Gasteiger partial charge < -0.3 is 20.3 Å². The first-order valence-electron chi connectivity index (χ1n) is 12.5. The van der Waals surface area contributed by atoms with Crippen LogP contribution in [0, 0.1) is 0 Å². The van der Waals surface area contributed by atoms with Gasteiger partial charge in [-0.1, -0.05) is 48.9 Å². The Morgan fingerprint density at radius 2 is 1.81 bits per heavy atom. The van der Waals surface area contributed by atoms with Gasteiger partial charge in [-0.15, -0.1) is 0 Å². The molecule has 1 aromatic heterocycles. The standard InChI is InChI=1S/C29H28ClN5O/c1-2-35-14-12-20(13-15-35)31-21-9-11-23-22(17-21)27(29(36)34-23)26(18-6-4-3-5-7-18)28-32-24-10-8-19(30)16-25(24)33-28/h3-11,16-17,20,31,34,36H,2,12-15H2,1H3. The second-order valence-electron chi connectivity index (χ2n) is 9.38. The maximum atomic E-state index is 11.1. The van der Waals surface area contributed by atoms with Crippen LogP contribution in [0.15, 0.2) is 82.5 Å². The summed E-state index contributed by atoms with van der Waals surface area (Å²) in [7, 11) is 0. The van der Waals surface area contributed by atoms with E-state index >= 15 is 0 Å². The number of H-pyrrole nitrogens is 1. The summed E-state index contributed by atoms with van der Waals surface area (Å²) >= 11 is 6.21. The number of fused-ring (bicyclic) bond motifs is 2. The van der Waals surface area contributed by atoms with Crippen molar-refractivity contribution in [3.8, 4) is 5.88 Å². The van der Waals surface area contributed by atoms with Crippen LogP contribution < -0.4 is 16.0 Å². The van der Waals surface area contributed by atoms with Crippen LogP contribution >= 0.6 is 11.6 Å². The fourth-order valence-electron chi connectivity index (χ4n) is 5.19. The van der Waals surface area contributed by atoms with Crippen LogP contribution in [0.2, 0.25) is 5.02 Å². The van der Waals surface area contributed by atoms with E-state index in [0.29, 0.717) is 22.4 Å². The predicted molar refractivity (Wildman–Crippen MR) is 145 cm³/mol. The minimum absolute atomic E-state index is 0.101. The van der Waals surface area contributed by atoms with Crippen molar-refractivity contribution in [1.29, 1.82) is 0 Å². The van der Waals surface area contributed by atoms with Crippen molar-refractivity contribution in [2.75, 3.05) is 25.0 Å². The van der Waals surface area contributed by atoms with E-state index in [-0.39, 0.29) is 5.88 Å². The summed E-state index contributed by atoms with van der Waals surface area (Å²) in [6.07, 6.45) is 2.24. The van der Waals surface area contributed by atoms with Gasteiger partial charge in [0.2, 0.25) is 0 Å². The molecule has 4 aromatic rings. The lowest BCUT2D eigenvalue weighted by Gasteiger charge is -2.32. The first kappa shape index (κ1) is 22.8. The van der Waals surface area contributed by atoms with Gasteiger partial charge in [0.1, 0.15) is 0 Å². The van der Waals surface area contributed by atoms with Crippen molar-refractivity contribution >= 4 is 33.8 Å². The lowest BCUT2D eigenvalue weighted by molar-refractivity contribution is 0.229. The van der Waals surface area contributed by atoms with Gasteiger partial charge in [-0.25, -0.2) is 9.98 Å². The van der Waals surface area contributed by atoms with Crippen LogP contribution in [0.1, 0.15) is 30.9 Å². The number of nitrogens with one attached hydrogen (secondary N) is 2. The number of anilines is 1. The molecule has 182 valence electrons. The number of aromatic amines is 1. The lowest BCUT2D eigenvalue weighted by Crippen LogP contribution is -2.38. The molecule has 1 saturated heterocycles. The van der Waals surface area contributed by atoms with Crippen LogP contribution in [0.3, 0.4) is 0 Å². The maximum absolute atomic E-state index is 11.1. The highest BCUT2D eigenvalue weighted by molar-refractivity contribution is 6.30. The quantitative estimate of drug-likeness (QED) is 0.359. The number of hydrogen-bond acceptors (Lipinski definition) is 5. The Morgan fingerprint density at radius 1 is 1.03 bits per heavy atom. The maximum Gasteiger partial charge on any atom is 0.197 e. The SMILES string of the molecule is CCN1CCC(Nc2ccc3[nH]c(O)c(C(=C4N=c5ccc(Cl)cc5=N4)c4ccccc4)c3c2)CC1. The van der Waals surface area contributed by atoms with Crippen molar-refractivity contribution < 1.29 is 5.11 Å². The van der Waals surface area contributed by atoms with Gasteiger partial charge in [-0.2, -0.15) is 0 Å². The molecule has 0 saturated carbocycles. The van der Waals surface area contributed by atoms with E-state index in [0.717, 1.165) is 70.9 Å².